The van der Waals surface area contributed by atoms with Crippen molar-refractivity contribution >= 4 is 16.9 Å². The van der Waals surface area contributed by atoms with E-state index in [1.165, 1.54) is 0 Å². The van der Waals surface area contributed by atoms with Crippen molar-refractivity contribution in [1.82, 2.24) is 15.3 Å². The zero-order valence-corrected chi connectivity index (χ0v) is 15.5. The molecule has 0 atom stereocenters. The molecule has 2 heterocycles. The van der Waals surface area contributed by atoms with E-state index in [-0.39, 0.29) is 23.9 Å². The molecule has 0 aliphatic rings. The molecule has 0 aliphatic heterocycles. The Bertz CT molecular complexity index is 1040. The number of fused-ring (bicyclic) bond motifs is 1. The third kappa shape index (κ3) is 4.83. The van der Waals surface area contributed by atoms with E-state index in [0.29, 0.717) is 29.6 Å². The molecule has 5 nitrogen and oxygen atoms in total. The average molecular weight is 377 g/mol. The third-order valence-corrected chi connectivity index (χ3v) is 4.05. The Balaban J connectivity index is 1.62. The SMILES string of the molecule is CC#CCCCOc1cccc(CNC(=O)c2ccc3ncccc3n2)c1F. The molecule has 3 aromatic rings. The van der Waals surface area contributed by atoms with Crippen LogP contribution < -0.4 is 10.1 Å². The van der Waals surface area contributed by atoms with E-state index >= 15 is 0 Å². The van der Waals surface area contributed by atoms with Gasteiger partial charge in [-0.25, -0.2) is 9.37 Å². The summed E-state index contributed by atoms with van der Waals surface area (Å²) in [5.74, 6) is 5.07. The summed E-state index contributed by atoms with van der Waals surface area (Å²) in [6, 6.07) is 11.8. The van der Waals surface area contributed by atoms with Crippen molar-refractivity contribution in [1.29, 1.82) is 0 Å². The number of nitrogens with zero attached hydrogens (tertiary/aromatic N) is 2. The van der Waals surface area contributed by atoms with Gasteiger partial charge in [-0.2, -0.15) is 0 Å². The van der Waals surface area contributed by atoms with Gasteiger partial charge in [-0.15, -0.1) is 11.8 Å². The molecule has 0 unspecified atom stereocenters. The molecule has 1 N–H and O–H groups in total. The lowest BCUT2D eigenvalue weighted by Crippen LogP contribution is -2.24. The number of aromatic nitrogens is 2. The number of hydrogen-bond acceptors (Lipinski definition) is 4. The Morgan fingerprint density at radius 1 is 1.18 bits per heavy atom. The highest BCUT2D eigenvalue weighted by molar-refractivity contribution is 5.94. The second-order valence-corrected chi connectivity index (χ2v) is 6.03. The van der Waals surface area contributed by atoms with Gasteiger partial charge in [0.15, 0.2) is 11.6 Å². The summed E-state index contributed by atoms with van der Waals surface area (Å²) < 4.78 is 20.1. The molecule has 0 aliphatic carbocycles. The molecule has 1 amide bonds. The molecule has 0 bridgehead atoms. The minimum absolute atomic E-state index is 0.0376. The maximum Gasteiger partial charge on any atom is 0.270 e. The lowest BCUT2D eigenvalue weighted by molar-refractivity contribution is 0.0946. The maximum atomic E-state index is 14.6. The smallest absolute Gasteiger partial charge is 0.270 e. The van der Waals surface area contributed by atoms with Crippen LogP contribution in [-0.4, -0.2) is 22.5 Å². The molecule has 142 valence electrons. The lowest BCUT2D eigenvalue weighted by atomic mass is 10.2. The topological polar surface area (TPSA) is 64.1 Å². The van der Waals surface area contributed by atoms with Gasteiger partial charge in [0.25, 0.3) is 5.91 Å². The summed E-state index contributed by atoms with van der Waals surface area (Å²) in [7, 11) is 0. The highest BCUT2D eigenvalue weighted by atomic mass is 19.1. The van der Waals surface area contributed by atoms with Gasteiger partial charge in [0.05, 0.1) is 17.6 Å². The van der Waals surface area contributed by atoms with Crippen molar-refractivity contribution in [3.63, 3.8) is 0 Å². The first kappa shape index (κ1) is 19.3. The van der Waals surface area contributed by atoms with Crippen LogP contribution in [0.2, 0.25) is 0 Å². The Morgan fingerprint density at radius 2 is 2.07 bits per heavy atom. The lowest BCUT2D eigenvalue weighted by Gasteiger charge is -2.11. The molecule has 0 saturated carbocycles. The fraction of sp³-hybridized carbons (Fsp3) is 0.227. The van der Waals surface area contributed by atoms with Gasteiger partial charge in [-0.05, 0) is 43.7 Å². The molecular formula is C22H20FN3O2. The van der Waals surface area contributed by atoms with Crippen LogP contribution >= 0.6 is 0 Å². The molecular weight excluding hydrogens is 357 g/mol. The van der Waals surface area contributed by atoms with Crippen LogP contribution in [0.1, 0.15) is 35.8 Å². The predicted octanol–water partition coefficient (Wildman–Crippen LogP) is 3.88. The Labute approximate surface area is 163 Å². The Morgan fingerprint density at radius 3 is 2.93 bits per heavy atom. The summed E-state index contributed by atoms with van der Waals surface area (Å²) in [4.78, 5) is 20.8. The van der Waals surface area contributed by atoms with Gasteiger partial charge in [0, 0.05) is 24.7 Å². The molecule has 0 saturated heterocycles. The van der Waals surface area contributed by atoms with Crippen molar-refractivity contribution in [2.24, 2.45) is 0 Å². The molecule has 28 heavy (non-hydrogen) atoms. The molecule has 2 aromatic heterocycles. The second kappa shape index (κ2) is 9.47. The summed E-state index contributed by atoms with van der Waals surface area (Å²) >= 11 is 0. The number of pyridine rings is 2. The highest BCUT2D eigenvalue weighted by Crippen LogP contribution is 2.21. The number of benzene rings is 1. The van der Waals surface area contributed by atoms with Crippen LogP contribution in [0, 0.1) is 17.7 Å². The summed E-state index contributed by atoms with van der Waals surface area (Å²) in [5, 5.41) is 2.70. The van der Waals surface area contributed by atoms with E-state index in [9.17, 15) is 9.18 Å². The maximum absolute atomic E-state index is 14.6. The number of nitrogens with one attached hydrogen (secondary N) is 1. The van der Waals surface area contributed by atoms with Crippen LogP contribution in [0.25, 0.3) is 11.0 Å². The number of carbonyl (C=O) groups is 1. The number of amides is 1. The van der Waals surface area contributed by atoms with E-state index in [4.69, 9.17) is 4.74 Å². The summed E-state index contributed by atoms with van der Waals surface area (Å²) in [6.45, 7) is 2.20. The fourth-order valence-corrected chi connectivity index (χ4v) is 2.62. The monoisotopic (exact) mass is 377 g/mol. The number of hydrogen-bond donors (Lipinski definition) is 1. The minimum atomic E-state index is -0.472. The first-order valence-corrected chi connectivity index (χ1v) is 8.99. The van der Waals surface area contributed by atoms with Crippen LogP contribution in [0.3, 0.4) is 0 Å². The second-order valence-electron chi connectivity index (χ2n) is 6.03. The van der Waals surface area contributed by atoms with Gasteiger partial charge in [-0.1, -0.05) is 12.1 Å². The quantitative estimate of drug-likeness (QED) is 0.501. The van der Waals surface area contributed by atoms with Crippen molar-refractivity contribution in [2.75, 3.05) is 6.61 Å². The van der Waals surface area contributed by atoms with Crippen LogP contribution in [0.4, 0.5) is 4.39 Å². The molecule has 0 radical (unpaired) electrons. The van der Waals surface area contributed by atoms with Crippen LogP contribution in [0.15, 0.2) is 48.7 Å². The van der Waals surface area contributed by atoms with Gasteiger partial charge in [0.2, 0.25) is 0 Å². The van der Waals surface area contributed by atoms with Crippen molar-refractivity contribution in [3.8, 4) is 17.6 Å². The van der Waals surface area contributed by atoms with Gasteiger partial charge in [-0.3, -0.25) is 9.78 Å². The Kier molecular flexibility index (Phi) is 6.53. The zero-order chi connectivity index (χ0) is 19.8. The highest BCUT2D eigenvalue weighted by Gasteiger charge is 2.12. The number of halogens is 1. The van der Waals surface area contributed by atoms with E-state index in [1.807, 2.05) is 0 Å². The number of unbranched alkanes of at least 4 members (excludes halogenated alkanes) is 1. The number of carbonyl (C=O) groups excluding carboxylic acids is 1. The van der Waals surface area contributed by atoms with E-state index < -0.39 is 5.82 Å². The van der Waals surface area contributed by atoms with Crippen LogP contribution in [0.5, 0.6) is 5.75 Å². The normalized spacial score (nSPS) is 10.2. The molecule has 0 fully saturated rings. The first-order valence-electron chi connectivity index (χ1n) is 8.99. The van der Waals surface area contributed by atoms with Crippen molar-refractivity contribution in [3.05, 3.63) is 65.7 Å². The van der Waals surface area contributed by atoms with E-state index in [0.717, 1.165) is 6.42 Å². The van der Waals surface area contributed by atoms with Crippen LogP contribution in [-0.2, 0) is 6.54 Å². The largest absolute Gasteiger partial charge is 0.490 e. The summed E-state index contributed by atoms with van der Waals surface area (Å²) in [6.07, 6.45) is 3.10. The first-order chi connectivity index (χ1) is 13.7. The average Bonchev–Trinajstić information content (AvgIpc) is 2.73. The van der Waals surface area contributed by atoms with Crippen molar-refractivity contribution < 1.29 is 13.9 Å². The van der Waals surface area contributed by atoms with Crippen molar-refractivity contribution in [2.45, 2.75) is 26.3 Å². The van der Waals surface area contributed by atoms with E-state index in [1.54, 1.807) is 55.6 Å². The van der Waals surface area contributed by atoms with Gasteiger partial charge in [0.1, 0.15) is 5.69 Å². The molecule has 1 aromatic carbocycles. The van der Waals surface area contributed by atoms with Gasteiger partial charge < -0.3 is 10.1 Å². The molecule has 0 spiro atoms. The van der Waals surface area contributed by atoms with E-state index in [2.05, 4.69) is 27.1 Å². The minimum Gasteiger partial charge on any atom is -0.490 e. The predicted molar refractivity (Wildman–Crippen MR) is 105 cm³/mol. The standard InChI is InChI=1S/C22H20FN3O2/c1-2-3-4-5-14-28-20-10-6-8-16(21(20)23)15-25-22(27)19-12-11-17-18(26-19)9-7-13-24-17/h6-13H,4-5,14-15H2,1H3,(H,25,27). The molecule has 6 heteroatoms. The molecule has 3 rings (SSSR count). The Hall–Kier alpha value is -3.46. The number of ether oxygens (including phenoxy) is 1. The number of rotatable bonds is 7. The van der Waals surface area contributed by atoms with Gasteiger partial charge >= 0.3 is 0 Å². The summed E-state index contributed by atoms with van der Waals surface area (Å²) in [5.41, 5.74) is 1.94. The zero-order valence-electron chi connectivity index (χ0n) is 15.5. The third-order valence-electron chi connectivity index (χ3n) is 4.05. The fourth-order valence-electron chi connectivity index (χ4n) is 2.62.